The van der Waals surface area contributed by atoms with E-state index in [9.17, 15) is 9.59 Å². The molecule has 0 aliphatic carbocycles. The van der Waals surface area contributed by atoms with Gasteiger partial charge in [0.05, 0.1) is 0 Å². The SMILES string of the molecule is CCC1(CC)N=c2[nH]c(=O)[nH]c(=O)c2=N1. The largest absolute Gasteiger partial charge is 0.327 e. The molecule has 0 atom stereocenters. The van der Waals surface area contributed by atoms with Gasteiger partial charge >= 0.3 is 5.69 Å². The maximum absolute atomic E-state index is 11.4. The summed E-state index contributed by atoms with van der Waals surface area (Å²) in [6.07, 6.45) is 1.42. The summed E-state index contributed by atoms with van der Waals surface area (Å²) in [5, 5.41) is 0.235. The molecule has 1 aromatic rings. The van der Waals surface area contributed by atoms with E-state index in [1.165, 1.54) is 0 Å². The van der Waals surface area contributed by atoms with E-state index in [1.54, 1.807) is 0 Å². The molecule has 0 saturated carbocycles. The van der Waals surface area contributed by atoms with Crippen molar-refractivity contribution < 1.29 is 0 Å². The van der Waals surface area contributed by atoms with E-state index in [2.05, 4.69) is 20.0 Å². The minimum atomic E-state index is -0.570. The number of fused-ring (bicyclic) bond motifs is 1. The van der Waals surface area contributed by atoms with Crippen molar-refractivity contribution in [1.82, 2.24) is 9.97 Å². The summed E-state index contributed by atoms with van der Waals surface area (Å²) in [5.41, 5.74) is -1.28. The Kier molecular flexibility index (Phi) is 2.06. The fourth-order valence-electron chi connectivity index (χ4n) is 1.66. The normalized spacial score (nSPS) is 16.7. The topological polar surface area (TPSA) is 90.4 Å². The van der Waals surface area contributed by atoms with Crippen LogP contribution in [-0.2, 0) is 0 Å². The number of H-pyrrole nitrogens is 2. The molecule has 2 rings (SSSR count). The molecule has 80 valence electrons. The van der Waals surface area contributed by atoms with Gasteiger partial charge in [0.15, 0.2) is 16.5 Å². The Morgan fingerprint density at radius 2 is 1.80 bits per heavy atom. The second kappa shape index (κ2) is 3.15. The quantitative estimate of drug-likeness (QED) is 0.641. The average molecular weight is 208 g/mol. The van der Waals surface area contributed by atoms with Crippen LogP contribution in [0.25, 0.3) is 0 Å². The van der Waals surface area contributed by atoms with Gasteiger partial charge in [-0.1, -0.05) is 13.8 Å². The van der Waals surface area contributed by atoms with Crippen molar-refractivity contribution in [2.75, 3.05) is 0 Å². The number of rotatable bonds is 2. The molecule has 0 fully saturated rings. The number of nitrogens with zero attached hydrogens (tertiary/aromatic N) is 2. The van der Waals surface area contributed by atoms with E-state index in [0.29, 0.717) is 18.3 Å². The summed E-state index contributed by atoms with van der Waals surface area (Å²) in [6.45, 7) is 3.91. The lowest BCUT2D eigenvalue weighted by molar-refractivity contribution is 0.414. The van der Waals surface area contributed by atoms with Crippen LogP contribution in [0.3, 0.4) is 0 Å². The molecule has 1 aliphatic heterocycles. The van der Waals surface area contributed by atoms with Gasteiger partial charge in [-0.3, -0.25) is 14.8 Å². The molecule has 1 aromatic heterocycles. The molecule has 6 nitrogen and oxygen atoms in total. The smallest absolute Gasteiger partial charge is 0.290 e. The van der Waals surface area contributed by atoms with Crippen molar-refractivity contribution in [2.45, 2.75) is 32.4 Å². The highest BCUT2D eigenvalue weighted by molar-refractivity contribution is 4.96. The first kappa shape index (κ1) is 9.82. The predicted molar refractivity (Wildman–Crippen MR) is 53.3 cm³/mol. The zero-order chi connectivity index (χ0) is 11.1. The predicted octanol–water partition coefficient (Wildman–Crippen LogP) is -1.17. The van der Waals surface area contributed by atoms with Gasteiger partial charge in [-0.25, -0.2) is 14.8 Å². The molecule has 0 spiro atoms. The first-order chi connectivity index (χ1) is 7.10. The van der Waals surface area contributed by atoms with Crippen LogP contribution in [0.4, 0.5) is 0 Å². The minimum absolute atomic E-state index is 0.235. The van der Waals surface area contributed by atoms with E-state index in [1.807, 2.05) is 13.8 Å². The number of aromatic amines is 2. The van der Waals surface area contributed by atoms with Gasteiger partial charge in [0.25, 0.3) is 5.56 Å². The van der Waals surface area contributed by atoms with Gasteiger partial charge in [0, 0.05) is 0 Å². The molecule has 15 heavy (non-hydrogen) atoms. The zero-order valence-electron chi connectivity index (χ0n) is 8.63. The maximum Gasteiger partial charge on any atom is 0.327 e. The van der Waals surface area contributed by atoms with E-state index >= 15 is 0 Å². The van der Waals surface area contributed by atoms with Crippen molar-refractivity contribution in [3.05, 3.63) is 31.7 Å². The van der Waals surface area contributed by atoms with Crippen molar-refractivity contribution in [3.8, 4) is 0 Å². The standard InChI is InChI=1S/C9H12N4O2/c1-3-9(4-2)12-5-6(13-9)10-8(15)11-7(5)14/h3-4H2,1-2H3,(H2,10,11,13,14,15). The van der Waals surface area contributed by atoms with E-state index < -0.39 is 16.9 Å². The van der Waals surface area contributed by atoms with Gasteiger partial charge in [-0.15, -0.1) is 0 Å². The first-order valence-electron chi connectivity index (χ1n) is 4.92. The Hall–Kier alpha value is -1.72. The molecule has 0 radical (unpaired) electrons. The maximum atomic E-state index is 11.4. The van der Waals surface area contributed by atoms with Crippen LogP contribution in [0.2, 0.25) is 0 Å². The van der Waals surface area contributed by atoms with Crippen LogP contribution in [0.15, 0.2) is 19.6 Å². The highest BCUT2D eigenvalue weighted by atomic mass is 16.2. The van der Waals surface area contributed by atoms with Crippen LogP contribution >= 0.6 is 0 Å². The van der Waals surface area contributed by atoms with Gasteiger partial charge in [0.1, 0.15) is 0 Å². The Morgan fingerprint density at radius 3 is 2.40 bits per heavy atom. The number of hydrogen-bond acceptors (Lipinski definition) is 4. The molecule has 1 aliphatic rings. The summed E-state index contributed by atoms with van der Waals surface area (Å²) in [4.78, 5) is 35.6. The highest BCUT2D eigenvalue weighted by Crippen LogP contribution is 2.21. The minimum Gasteiger partial charge on any atom is -0.290 e. The molecular weight excluding hydrogens is 196 g/mol. The van der Waals surface area contributed by atoms with Crippen LogP contribution in [0, 0.1) is 0 Å². The zero-order valence-corrected chi connectivity index (χ0v) is 8.63. The Bertz CT molecular complexity index is 606. The third-order valence-corrected chi connectivity index (χ3v) is 2.67. The Morgan fingerprint density at radius 1 is 1.13 bits per heavy atom. The number of hydrogen-bond donors (Lipinski definition) is 2. The van der Waals surface area contributed by atoms with Crippen LogP contribution < -0.4 is 22.1 Å². The molecule has 2 N–H and O–H groups in total. The molecule has 2 heterocycles. The summed E-state index contributed by atoms with van der Waals surface area (Å²) in [7, 11) is 0. The van der Waals surface area contributed by atoms with Crippen LogP contribution in [0.1, 0.15) is 26.7 Å². The lowest BCUT2D eigenvalue weighted by atomic mass is 10.1. The van der Waals surface area contributed by atoms with Gasteiger partial charge in [-0.2, -0.15) is 0 Å². The summed E-state index contributed by atoms with van der Waals surface area (Å²) < 4.78 is 0. The van der Waals surface area contributed by atoms with Gasteiger partial charge in [-0.05, 0) is 12.8 Å². The van der Waals surface area contributed by atoms with Gasteiger partial charge in [0.2, 0.25) is 0 Å². The summed E-state index contributed by atoms with van der Waals surface area (Å²) >= 11 is 0. The number of aromatic nitrogens is 2. The van der Waals surface area contributed by atoms with Crippen LogP contribution in [-0.4, -0.2) is 15.6 Å². The third-order valence-electron chi connectivity index (χ3n) is 2.67. The second-order valence-electron chi connectivity index (χ2n) is 3.52. The molecular formula is C9H12N4O2. The van der Waals surface area contributed by atoms with Crippen molar-refractivity contribution in [1.29, 1.82) is 0 Å². The molecule has 0 saturated heterocycles. The molecule has 0 unspecified atom stereocenters. The molecule has 6 heteroatoms. The Labute approximate surface area is 84.8 Å². The van der Waals surface area contributed by atoms with E-state index in [0.717, 1.165) is 0 Å². The van der Waals surface area contributed by atoms with E-state index in [4.69, 9.17) is 0 Å². The van der Waals surface area contributed by atoms with Crippen molar-refractivity contribution >= 4 is 0 Å². The fraction of sp³-hybridized carbons (Fsp3) is 0.556. The first-order valence-corrected chi connectivity index (χ1v) is 4.92. The van der Waals surface area contributed by atoms with Crippen LogP contribution in [0.5, 0.6) is 0 Å². The fourth-order valence-corrected chi connectivity index (χ4v) is 1.66. The van der Waals surface area contributed by atoms with E-state index in [-0.39, 0.29) is 5.36 Å². The van der Waals surface area contributed by atoms with Crippen molar-refractivity contribution in [2.24, 2.45) is 9.98 Å². The molecule has 0 amide bonds. The van der Waals surface area contributed by atoms with Crippen molar-refractivity contribution in [3.63, 3.8) is 0 Å². The summed E-state index contributed by atoms with van der Waals surface area (Å²) in [6, 6.07) is 0. The second-order valence-corrected chi connectivity index (χ2v) is 3.52. The lowest BCUT2D eigenvalue weighted by Gasteiger charge is -2.17. The van der Waals surface area contributed by atoms with Gasteiger partial charge < -0.3 is 0 Å². The third kappa shape index (κ3) is 1.42. The number of nitrogens with one attached hydrogen (secondary N) is 2. The summed E-state index contributed by atoms with van der Waals surface area (Å²) in [5.74, 6) is 0. The monoisotopic (exact) mass is 208 g/mol. The lowest BCUT2D eigenvalue weighted by Crippen LogP contribution is -2.46. The highest BCUT2D eigenvalue weighted by Gasteiger charge is 2.28. The average Bonchev–Trinajstić information content (AvgIpc) is 2.58. The molecule has 0 bridgehead atoms. The molecule has 0 aromatic carbocycles. The Balaban J connectivity index is 2.83.